The number of ether oxygens (including phenoxy) is 1. The van der Waals surface area contributed by atoms with Gasteiger partial charge in [0.2, 0.25) is 0 Å². The number of hydrogen-bond acceptors (Lipinski definition) is 4. The molecule has 128 valence electrons. The molecule has 1 aromatic heterocycles. The third-order valence-corrected chi connectivity index (χ3v) is 3.93. The summed E-state index contributed by atoms with van der Waals surface area (Å²) in [5.74, 6) is -0.0464. The number of benzene rings is 1. The second-order valence-electron chi connectivity index (χ2n) is 5.60. The van der Waals surface area contributed by atoms with Gasteiger partial charge in [-0.15, -0.1) is 0 Å². The first-order valence-electron chi connectivity index (χ1n) is 7.71. The number of H-pyrrole nitrogens is 1. The maximum atomic E-state index is 12.2. The number of aromatic nitrogens is 2. The second-order valence-corrected chi connectivity index (χ2v) is 5.60. The van der Waals surface area contributed by atoms with Crippen LogP contribution in [0.25, 0.3) is 0 Å². The van der Waals surface area contributed by atoms with E-state index < -0.39 is 6.61 Å². The van der Waals surface area contributed by atoms with Gasteiger partial charge in [0.25, 0.3) is 5.91 Å². The minimum Gasteiger partial charge on any atom is -0.435 e. The van der Waals surface area contributed by atoms with Crippen LogP contribution in [0, 0.1) is 0 Å². The zero-order valence-electron chi connectivity index (χ0n) is 12.9. The summed E-state index contributed by atoms with van der Waals surface area (Å²) in [4.78, 5) is 20.8. The number of alkyl halides is 2. The first-order chi connectivity index (χ1) is 11.6. The molecule has 1 amide bonds. The molecular formula is C16H18F2N4O2. The summed E-state index contributed by atoms with van der Waals surface area (Å²) in [6.07, 6.45) is 4.77. The molecule has 0 bridgehead atoms. The lowest BCUT2D eigenvalue weighted by Gasteiger charge is -2.34. The van der Waals surface area contributed by atoms with Gasteiger partial charge in [-0.05, 0) is 37.1 Å². The van der Waals surface area contributed by atoms with Crippen molar-refractivity contribution >= 4 is 11.6 Å². The molecule has 0 aliphatic carbocycles. The Kier molecular flexibility index (Phi) is 4.93. The van der Waals surface area contributed by atoms with Crippen molar-refractivity contribution in [3.05, 3.63) is 42.5 Å². The number of nitrogens with one attached hydrogen (secondary N) is 2. The number of carbonyl (C=O) groups excluding carboxylic acids is 1. The van der Waals surface area contributed by atoms with Gasteiger partial charge in [-0.3, -0.25) is 4.79 Å². The molecule has 24 heavy (non-hydrogen) atoms. The Morgan fingerprint density at radius 1 is 1.38 bits per heavy atom. The molecule has 0 spiro atoms. The van der Waals surface area contributed by atoms with Gasteiger partial charge in [0.1, 0.15) is 11.4 Å². The van der Waals surface area contributed by atoms with Crippen molar-refractivity contribution < 1.29 is 18.3 Å². The van der Waals surface area contributed by atoms with Crippen molar-refractivity contribution in [1.29, 1.82) is 0 Å². The molecule has 0 saturated carbocycles. The molecule has 1 unspecified atom stereocenters. The molecule has 2 heterocycles. The van der Waals surface area contributed by atoms with E-state index in [1.165, 1.54) is 24.7 Å². The van der Waals surface area contributed by atoms with Crippen LogP contribution >= 0.6 is 0 Å². The van der Waals surface area contributed by atoms with E-state index in [1.54, 1.807) is 12.1 Å². The predicted molar refractivity (Wildman–Crippen MR) is 84.4 cm³/mol. The van der Waals surface area contributed by atoms with E-state index >= 15 is 0 Å². The van der Waals surface area contributed by atoms with Gasteiger partial charge >= 0.3 is 6.61 Å². The molecule has 1 saturated heterocycles. The van der Waals surface area contributed by atoms with Crippen LogP contribution in [0.1, 0.15) is 23.3 Å². The minimum atomic E-state index is -2.83. The lowest BCUT2D eigenvalue weighted by Crippen LogP contribution is -2.47. The van der Waals surface area contributed by atoms with Gasteiger partial charge in [-0.25, -0.2) is 4.98 Å². The lowest BCUT2D eigenvalue weighted by atomic mass is 10.0. The van der Waals surface area contributed by atoms with Gasteiger partial charge in [0, 0.05) is 24.8 Å². The van der Waals surface area contributed by atoms with Crippen LogP contribution in [0.3, 0.4) is 0 Å². The monoisotopic (exact) mass is 336 g/mol. The molecule has 1 atom stereocenters. The molecule has 1 aliphatic heterocycles. The van der Waals surface area contributed by atoms with E-state index in [1.807, 2.05) is 0 Å². The van der Waals surface area contributed by atoms with Crippen molar-refractivity contribution in [3.63, 3.8) is 0 Å². The summed E-state index contributed by atoms with van der Waals surface area (Å²) >= 11 is 0. The topological polar surface area (TPSA) is 70.2 Å². The van der Waals surface area contributed by atoms with Crippen LogP contribution in [0.15, 0.2) is 36.8 Å². The predicted octanol–water partition coefficient (Wildman–Crippen LogP) is 2.41. The maximum absolute atomic E-state index is 12.2. The highest BCUT2D eigenvalue weighted by molar-refractivity contribution is 5.92. The fourth-order valence-corrected chi connectivity index (χ4v) is 2.81. The number of carbonyl (C=O) groups is 1. The molecule has 1 aromatic carbocycles. The Labute approximate surface area is 137 Å². The highest BCUT2D eigenvalue weighted by Crippen LogP contribution is 2.24. The van der Waals surface area contributed by atoms with E-state index in [0.29, 0.717) is 12.2 Å². The van der Waals surface area contributed by atoms with Gasteiger partial charge < -0.3 is 19.9 Å². The molecule has 1 fully saturated rings. The summed E-state index contributed by atoms with van der Waals surface area (Å²) in [6, 6.07) is 6.56. The number of aromatic amines is 1. The standard InChI is InChI=1S/C16H18F2N4O2/c17-16(18)24-13-5-3-12(4-6-13)22-7-1-2-11(9-22)21-15(23)14-8-19-10-20-14/h3-6,8,10-11,16H,1-2,7,9H2,(H,19,20)(H,21,23). The number of halogens is 2. The van der Waals surface area contributed by atoms with Crippen molar-refractivity contribution in [2.24, 2.45) is 0 Å². The van der Waals surface area contributed by atoms with Crippen LogP contribution in [0.2, 0.25) is 0 Å². The van der Waals surface area contributed by atoms with Crippen LogP contribution in [0.4, 0.5) is 14.5 Å². The number of rotatable bonds is 5. The normalized spacial score (nSPS) is 17.8. The average molecular weight is 336 g/mol. The van der Waals surface area contributed by atoms with Crippen LogP contribution < -0.4 is 15.0 Å². The third-order valence-electron chi connectivity index (χ3n) is 3.93. The SMILES string of the molecule is O=C(NC1CCCN(c2ccc(OC(F)F)cc2)C1)c1cnc[nH]1. The third kappa shape index (κ3) is 4.01. The minimum absolute atomic E-state index is 0.0199. The number of anilines is 1. The summed E-state index contributed by atoms with van der Waals surface area (Å²) in [5.41, 5.74) is 1.35. The quantitative estimate of drug-likeness (QED) is 0.880. The molecule has 3 rings (SSSR count). The lowest BCUT2D eigenvalue weighted by molar-refractivity contribution is -0.0498. The summed E-state index contributed by atoms with van der Waals surface area (Å²) in [6.45, 7) is -1.31. The zero-order valence-corrected chi connectivity index (χ0v) is 12.9. The number of imidazole rings is 1. The Bertz CT molecular complexity index is 661. The number of hydrogen-bond donors (Lipinski definition) is 2. The van der Waals surface area contributed by atoms with E-state index in [9.17, 15) is 13.6 Å². The zero-order chi connectivity index (χ0) is 16.9. The van der Waals surface area contributed by atoms with E-state index in [2.05, 4.69) is 24.9 Å². The maximum Gasteiger partial charge on any atom is 0.387 e. The molecule has 1 aliphatic rings. The van der Waals surface area contributed by atoms with Crippen molar-refractivity contribution in [2.45, 2.75) is 25.5 Å². The Morgan fingerprint density at radius 2 is 2.17 bits per heavy atom. The molecule has 2 aromatic rings. The first kappa shape index (κ1) is 16.2. The average Bonchev–Trinajstić information content (AvgIpc) is 3.10. The largest absolute Gasteiger partial charge is 0.435 e. The van der Waals surface area contributed by atoms with Crippen molar-refractivity contribution in [1.82, 2.24) is 15.3 Å². The Morgan fingerprint density at radius 3 is 2.83 bits per heavy atom. The highest BCUT2D eigenvalue weighted by Gasteiger charge is 2.22. The number of amides is 1. The molecule has 2 N–H and O–H groups in total. The molecule has 8 heteroatoms. The van der Waals surface area contributed by atoms with Crippen LogP contribution in [-0.2, 0) is 0 Å². The van der Waals surface area contributed by atoms with Gasteiger partial charge in [0.05, 0.1) is 12.5 Å². The van der Waals surface area contributed by atoms with Crippen LogP contribution in [0.5, 0.6) is 5.75 Å². The summed E-state index contributed by atoms with van der Waals surface area (Å²) < 4.78 is 28.7. The van der Waals surface area contributed by atoms with Crippen molar-refractivity contribution in [3.8, 4) is 5.75 Å². The Balaban J connectivity index is 1.59. The Hall–Kier alpha value is -2.64. The van der Waals surface area contributed by atoms with Gasteiger partial charge in [0.15, 0.2) is 0 Å². The molecular weight excluding hydrogens is 318 g/mol. The smallest absolute Gasteiger partial charge is 0.387 e. The second kappa shape index (κ2) is 7.29. The van der Waals surface area contributed by atoms with E-state index in [0.717, 1.165) is 25.1 Å². The van der Waals surface area contributed by atoms with Gasteiger partial charge in [-0.2, -0.15) is 8.78 Å². The van der Waals surface area contributed by atoms with Crippen molar-refractivity contribution in [2.75, 3.05) is 18.0 Å². The first-order valence-corrected chi connectivity index (χ1v) is 7.71. The number of piperidine rings is 1. The fourth-order valence-electron chi connectivity index (χ4n) is 2.81. The van der Waals surface area contributed by atoms with Crippen LogP contribution in [-0.4, -0.2) is 41.6 Å². The van der Waals surface area contributed by atoms with Gasteiger partial charge in [-0.1, -0.05) is 0 Å². The fraction of sp³-hybridized carbons (Fsp3) is 0.375. The van der Waals surface area contributed by atoms with E-state index in [-0.39, 0.29) is 17.7 Å². The molecule has 6 nitrogen and oxygen atoms in total. The summed E-state index contributed by atoms with van der Waals surface area (Å²) in [7, 11) is 0. The highest BCUT2D eigenvalue weighted by atomic mass is 19.3. The summed E-state index contributed by atoms with van der Waals surface area (Å²) in [5, 5.41) is 2.98. The molecule has 0 radical (unpaired) electrons. The number of nitrogens with zero attached hydrogens (tertiary/aromatic N) is 2. The van der Waals surface area contributed by atoms with E-state index in [4.69, 9.17) is 0 Å².